The van der Waals surface area contributed by atoms with Crippen LogP contribution in [0, 0.1) is 0 Å². The minimum atomic E-state index is 0.00536. The van der Waals surface area contributed by atoms with Crippen LogP contribution in [0.4, 0.5) is 17.1 Å². The summed E-state index contributed by atoms with van der Waals surface area (Å²) in [5.41, 5.74) is 8.52. The molecule has 0 bridgehead atoms. The summed E-state index contributed by atoms with van der Waals surface area (Å²) in [6.07, 6.45) is 0. The van der Waals surface area contributed by atoms with E-state index in [1.54, 1.807) is 11.3 Å². The molecule has 0 atom stereocenters. The molecule has 0 fully saturated rings. The van der Waals surface area contributed by atoms with E-state index in [1.807, 2.05) is 60.7 Å². The molecule has 13 rings (SSSR count). The van der Waals surface area contributed by atoms with E-state index in [-0.39, 0.29) is 10.9 Å². The number of para-hydroxylation sites is 4. The number of rotatable bonds is 3. The van der Waals surface area contributed by atoms with Crippen LogP contribution in [0.3, 0.4) is 0 Å². The summed E-state index contributed by atoms with van der Waals surface area (Å²) in [4.78, 5) is 31.3. The highest BCUT2D eigenvalue weighted by Crippen LogP contribution is 2.48. The van der Waals surface area contributed by atoms with Crippen LogP contribution in [0.2, 0.25) is 0 Å². The largest absolute Gasteiger partial charge is 0.309 e. The summed E-state index contributed by atoms with van der Waals surface area (Å²) < 4.78 is 6.99. The van der Waals surface area contributed by atoms with Gasteiger partial charge in [-0.15, -0.1) is 11.3 Å². The summed E-state index contributed by atoms with van der Waals surface area (Å²) in [7, 11) is 0. The zero-order chi connectivity index (χ0) is 36.8. The molecular weight excluding hydrogens is 707 g/mol. The number of hydrogen-bond donors (Lipinski definition) is 0. The lowest BCUT2D eigenvalue weighted by Crippen LogP contribution is -2.15. The van der Waals surface area contributed by atoms with Crippen molar-refractivity contribution in [3.05, 3.63) is 184 Å². The molecule has 0 unspecified atom stereocenters. The number of fused-ring (bicyclic) bond motifs is 13. The standard InChI is InChI=1S/C50H27N3O2S/c54-49-31-14-4-7-19-37(31)52-41-27-42-36(26-35(41)29-17-10-18-34(49)47(29)52)30-24-25-40(46-48(30)53(42)38-20-8-5-15-32(38)50(46)55)51(28-12-2-1-3-13-28)39-21-11-23-44-45(39)33-16-6-9-22-43(33)56-44/h1-27H. The molecule has 5 nitrogen and oxygen atoms in total. The Hall–Kier alpha value is -7.28. The summed E-state index contributed by atoms with van der Waals surface area (Å²) in [5, 5.41) is 9.31. The summed E-state index contributed by atoms with van der Waals surface area (Å²) in [6.45, 7) is 0. The van der Waals surface area contributed by atoms with E-state index < -0.39 is 0 Å². The molecular formula is C50H27N3O2S. The molecule has 0 radical (unpaired) electrons. The lowest BCUT2D eigenvalue weighted by molar-refractivity contribution is 1.29. The van der Waals surface area contributed by atoms with Gasteiger partial charge in [0, 0.05) is 63.6 Å². The maximum atomic E-state index is 15.2. The fourth-order valence-corrected chi connectivity index (χ4v) is 10.8. The van der Waals surface area contributed by atoms with Crippen LogP contribution < -0.4 is 15.8 Å². The molecule has 260 valence electrons. The van der Waals surface area contributed by atoms with Gasteiger partial charge < -0.3 is 13.7 Å². The van der Waals surface area contributed by atoms with E-state index >= 15 is 4.79 Å². The summed E-state index contributed by atoms with van der Waals surface area (Å²) >= 11 is 1.79. The third-order valence-electron chi connectivity index (χ3n) is 11.9. The van der Waals surface area contributed by atoms with Crippen molar-refractivity contribution in [3.63, 3.8) is 0 Å². The maximum Gasteiger partial charge on any atom is 0.199 e. The molecule has 5 heterocycles. The first-order valence-corrected chi connectivity index (χ1v) is 19.6. The van der Waals surface area contributed by atoms with Crippen LogP contribution in [0.15, 0.2) is 173 Å². The molecule has 0 N–H and O–H groups in total. The van der Waals surface area contributed by atoms with Gasteiger partial charge in [-0.25, -0.2) is 0 Å². The normalized spacial score (nSPS) is 12.4. The maximum absolute atomic E-state index is 15.2. The minimum absolute atomic E-state index is 0.00536. The monoisotopic (exact) mass is 733 g/mol. The van der Waals surface area contributed by atoms with Crippen molar-refractivity contribution < 1.29 is 0 Å². The first-order valence-electron chi connectivity index (χ1n) is 18.8. The van der Waals surface area contributed by atoms with Gasteiger partial charge in [0.2, 0.25) is 0 Å². The fourth-order valence-electron chi connectivity index (χ4n) is 9.67. The molecule has 8 aromatic carbocycles. The van der Waals surface area contributed by atoms with E-state index in [1.165, 1.54) is 20.2 Å². The van der Waals surface area contributed by atoms with E-state index in [0.29, 0.717) is 21.5 Å². The highest BCUT2D eigenvalue weighted by Gasteiger charge is 2.27. The van der Waals surface area contributed by atoms with E-state index in [0.717, 1.165) is 71.7 Å². The van der Waals surface area contributed by atoms with Crippen molar-refractivity contribution in [2.45, 2.75) is 0 Å². The van der Waals surface area contributed by atoms with E-state index in [4.69, 9.17) is 0 Å². The quantitative estimate of drug-likeness (QED) is 0.170. The van der Waals surface area contributed by atoms with Crippen LogP contribution >= 0.6 is 11.3 Å². The van der Waals surface area contributed by atoms with Crippen molar-refractivity contribution in [2.75, 3.05) is 4.90 Å². The Labute approximate surface area is 321 Å². The van der Waals surface area contributed by atoms with Crippen molar-refractivity contribution >= 4 is 125 Å². The first-order chi connectivity index (χ1) is 27.7. The molecule has 5 aromatic heterocycles. The molecule has 0 spiro atoms. The Morgan fingerprint density at radius 2 is 0.946 bits per heavy atom. The molecule has 56 heavy (non-hydrogen) atoms. The van der Waals surface area contributed by atoms with Gasteiger partial charge in [0.15, 0.2) is 10.9 Å². The third kappa shape index (κ3) is 3.69. The lowest BCUT2D eigenvalue weighted by atomic mass is 10.0. The number of hydrogen-bond acceptors (Lipinski definition) is 4. The van der Waals surface area contributed by atoms with Crippen LogP contribution in [0.1, 0.15) is 0 Å². The lowest BCUT2D eigenvalue weighted by Gasteiger charge is -2.27. The molecule has 0 saturated carbocycles. The van der Waals surface area contributed by atoms with Crippen molar-refractivity contribution in [1.29, 1.82) is 0 Å². The highest BCUT2D eigenvalue weighted by molar-refractivity contribution is 7.26. The molecule has 6 heteroatoms. The third-order valence-corrected chi connectivity index (χ3v) is 13.1. The fraction of sp³-hybridized carbons (Fsp3) is 0. The number of pyridine rings is 2. The average molecular weight is 734 g/mol. The number of anilines is 3. The van der Waals surface area contributed by atoms with E-state index in [2.05, 4.69) is 117 Å². The second kappa shape index (κ2) is 10.7. The minimum Gasteiger partial charge on any atom is -0.309 e. The topological polar surface area (TPSA) is 46.2 Å². The predicted octanol–water partition coefficient (Wildman–Crippen LogP) is 12.5. The van der Waals surface area contributed by atoms with Crippen molar-refractivity contribution in [1.82, 2.24) is 8.80 Å². The molecule has 13 aromatic rings. The molecule has 0 aliphatic carbocycles. The first kappa shape index (κ1) is 30.1. The molecule has 0 saturated heterocycles. The molecule has 0 aliphatic rings. The highest BCUT2D eigenvalue weighted by atomic mass is 32.1. The number of aromatic nitrogens is 2. The molecule has 0 amide bonds. The smallest absolute Gasteiger partial charge is 0.199 e. The van der Waals surface area contributed by atoms with Crippen LogP contribution in [-0.4, -0.2) is 8.80 Å². The van der Waals surface area contributed by atoms with Gasteiger partial charge in [0.05, 0.1) is 49.9 Å². The van der Waals surface area contributed by atoms with Gasteiger partial charge in [-0.3, -0.25) is 9.59 Å². The predicted molar refractivity (Wildman–Crippen MR) is 236 cm³/mol. The van der Waals surface area contributed by atoms with Crippen LogP contribution in [-0.2, 0) is 0 Å². The van der Waals surface area contributed by atoms with Gasteiger partial charge in [-0.05, 0) is 78.9 Å². The number of benzene rings is 8. The Bertz CT molecular complexity index is 3940. The summed E-state index contributed by atoms with van der Waals surface area (Å²) in [5.74, 6) is 0. The Balaban J connectivity index is 1.23. The number of thiophene rings is 1. The van der Waals surface area contributed by atoms with E-state index in [9.17, 15) is 4.79 Å². The van der Waals surface area contributed by atoms with Crippen molar-refractivity contribution in [2.24, 2.45) is 0 Å². The Kier molecular flexibility index (Phi) is 5.74. The molecule has 0 aliphatic heterocycles. The van der Waals surface area contributed by atoms with Gasteiger partial charge in [-0.1, -0.05) is 84.9 Å². The van der Waals surface area contributed by atoms with Gasteiger partial charge in [0.25, 0.3) is 0 Å². The summed E-state index contributed by atoms with van der Waals surface area (Å²) in [6, 6.07) is 56.3. The SMILES string of the molecule is O=c1c2ccccc2n2c3cc4c(cc3c3cccc1c32)c1ccc(N(c2ccccc2)c2cccc3sc5ccccc5c23)c2c(=O)c3ccccc3n4c21. The second-order valence-corrected chi connectivity index (χ2v) is 15.8. The zero-order valence-electron chi connectivity index (χ0n) is 29.7. The zero-order valence-corrected chi connectivity index (χ0v) is 30.5. The van der Waals surface area contributed by atoms with Crippen LogP contribution in [0.5, 0.6) is 0 Å². The Morgan fingerprint density at radius 1 is 0.375 bits per heavy atom. The second-order valence-electron chi connectivity index (χ2n) is 14.7. The Morgan fingerprint density at radius 3 is 1.73 bits per heavy atom. The number of nitrogens with zero attached hydrogens (tertiary/aromatic N) is 3. The van der Waals surface area contributed by atoms with Gasteiger partial charge >= 0.3 is 0 Å². The average Bonchev–Trinajstić information content (AvgIpc) is 3.90. The van der Waals surface area contributed by atoms with Gasteiger partial charge in [-0.2, -0.15) is 0 Å². The van der Waals surface area contributed by atoms with Gasteiger partial charge in [0.1, 0.15) is 0 Å². The van der Waals surface area contributed by atoms with Crippen molar-refractivity contribution in [3.8, 4) is 0 Å². The van der Waals surface area contributed by atoms with Crippen LogP contribution in [0.25, 0.3) is 96.4 Å².